The van der Waals surface area contributed by atoms with Gasteiger partial charge in [-0.15, -0.1) is 0 Å². The number of oxime groups is 1. The number of nitrogens with zero attached hydrogens (tertiary/aromatic N) is 2. The highest BCUT2D eigenvalue weighted by Crippen LogP contribution is 2.31. The third-order valence-electron chi connectivity index (χ3n) is 5.74. The highest BCUT2D eigenvalue weighted by atomic mass is 19.4. The summed E-state index contributed by atoms with van der Waals surface area (Å²) < 4.78 is 52.0. The molecule has 1 aliphatic carbocycles. The zero-order valence-corrected chi connectivity index (χ0v) is 16.7. The standard InChI is InChI=1S/C23H22F4N2O2/c24-19-6-2-5-17(11-19)21-12-20(31-28-21)14-29(22(30)16-3-1-4-16)13-15-7-9-18(10-8-15)23(25,26)27/h2,5-11,16,20H,1,3-4,12-14H2/t20-/m0/s1. The average molecular weight is 434 g/mol. The van der Waals surface area contributed by atoms with Gasteiger partial charge in [0.1, 0.15) is 5.82 Å². The van der Waals surface area contributed by atoms with E-state index in [1.807, 2.05) is 0 Å². The first-order chi connectivity index (χ1) is 14.8. The Morgan fingerprint density at radius 1 is 1.13 bits per heavy atom. The first-order valence-electron chi connectivity index (χ1n) is 10.2. The molecule has 0 saturated heterocycles. The molecule has 1 heterocycles. The normalized spacial score (nSPS) is 18.8. The van der Waals surface area contributed by atoms with Gasteiger partial charge in [0.25, 0.3) is 0 Å². The minimum atomic E-state index is -4.40. The summed E-state index contributed by atoms with van der Waals surface area (Å²) in [5, 5.41) is 4.05. The summed E-state index contributed by atoms with van der Waals surface area (Å²) in [5.74, 6) is -0.443. The predicted molar refractivity (Wildman–Crippen MR) is 107 cm³/mol. The molecular weight excluding hydrogens is 412 g/mol. The van der Waals surface area contributed by atoms with E-state index in [1.54, 1.807) is 17.0 Å². The van der Waals surface area contributed by atoms with E-state index in [-0.39, 0.29) is 30.7 Å². The zero-order valence-electron chi connectivity index (χ0n) is 16.7. The Bertz CT molecular complexity index is 968. The Morgan fingerprint density at radius 3 is 2.48 bits per heavy atom. The van der Waals surface area contributed by atoms with Crippen molar-refractivity contribution in [2.24, 2.45) is 11.1 Å². The molecule has 0 N–H and O–H groups in total. The van der Waals surface area contributed by atoms with Gasteiger partial charge in [-0.2, -0.15) is 13.2 Å². The predicted octanol–water partition coefficient (Wildman–Crippen LogP) is 5.17. The Hall–Kier alpha value is -2.90. The van der Waals surface area contributed by atoms with Crippen molar-refractivity contribution in [1.82, 2.24) is 4.90 Å². The molecule has 4 nitrogen and oxygen atoms in total. The van der Waals surface area contributed by atoms with Crippen molar-refractivity contribution in [1.29, 1.82) is 0 Å². The van der Waals surface area contributed by atoms with Crippen molar-refractivity contribution in [3.63, 3.8) is 0 Å². The number of hydrogen-bond donors (Lipinski definition) is 0. The van der Waals surface area contributed by atoms with Crippen molar-refractivity contribution in [3.05, 3.63) is 71.0 Å². The first kappa shape index (κ1) is 21.3. The summed E-state index contributed by atoms with van der Waals surface area (Å²) >= 11 is 0. The van der Waals surface area contributed by atoms with E-state index in [0.29, 0.717) is 23.3 Å². The number of hydrogen-bond acceptors (Lipinski definition) is 3. The Balaban J connectivity index is 1.44. The number of carbonyl (C=O) groups excluding carboxylic acids is 1. The minimum absolute atomic E-state index is 0.0195. The fourth-order valence-corrected chi connectivity index (χ4v) is 3.78. The lowest BCUT2D eigenvalue weighted by Gasteiger charge is -2.32. The van der Waals surface area contributed by atoms with Gasteiger partial charge in [-0.05, 0) is 42.7 Å². The monoisotopic (exact) mass is 434 g/mol. The molecule has 1 aliphatic heterocycles. The molecule has 2 aromatic rings. The maximum Gasteiger partial charge on any atom is 0.416 e. The van der Waals surface area contributed by atoms with Crippen LogP contribution in [-0.2, 0) is 22.4 Å². The second-order valence-electron chi connectivity index (χ2n) is 8.02. The van der Waals surface area contributed by atoms with Gasteiger partial charge in [0.2, 0.25) is 5.91 Å². The highest BCUT2D eigenvalue weighted by molar-refractivity contribution is 6.01. The Labute approximate surface area is 177 Å². The van der Waals surface area contributed by atoms with Gasteiger partial charge in [-0.3, -0.25) is 4.79 Å². The van der Waals surface area contributed by atoms with Crippen LogP contribution < -0.4 is 0 Å². The van der Waals surface area contributed by atoms with E-state index < -0.39 is 17.8 Å². The second-order valence-corrected chi connectivity index (χ2v) is 8.02. The van der Waals surface area contributed by atoms with Gasteiger partial charge >= 0.3 is 6.18 Å². The van der Waals surface area contributed by atoms with E-state index in [1.165, 1.54) is 24.3 Å². The molecule has 0 bridgehead atoms. The molecule has 2 aromatic carbocycles. The highest BCUT2D eigenvalue weighted by Gasteiger charge is 2.33. The average Bonchev–Trinajstić information content (AvgIpc) is 3.14. The number of benzene rings is 2. The van der Waals surface area contributed by atoms with Crippen LogP contribution in [0.5, 0.6) is 0 Å². The molecular formula is C23H22F4N2O2. The Morgan fingerprint density at radius 2 is 1.87 bits per heavy atom. The van der Waals surface area contributed by atoms with Gasteiger partial charge in [0.05, 0.1) is 17.8 Å². The molecule has 1 amide bonds. The third-order valence-corrected chi connectivity index (χ3v) is 5.74. The van der Waals surface area contributed by atoms with Gasteiger partial charge in [0, 0.05) is 24.4 Å². The molecule has 164 valence electrons. The van der Waals surface area contributed by atoms with Crippen molar-refractivity contribution >= 4 is 11.6 Å². The van der Waals surface area contributed by atoms with Crippen LogP contribution in [0.25, 0.3) is 0 Å². The van der Waals surface area contributed by atoms with Crippen molar-refractivity contribution in [3.8, 4) is 0 Å². The summed E-state index contributed by atoms with van der Waals surface area (Å²) in [5.41, 5.74) is 1.13. The van der Waals surface area contributed by atoms with Crippen molar-refractivity contribution in [2.75, 3.05) is 6.54 Å². The van der Waals surface area contributed by atoms with Crippen LogP contribution in [0.15, 0.2) is 53.7 Å². The van der Waals surface area contributed by atoms with Gasteiger partial charge in [-0.1, -0.05) is 35.8 Å². The smallest absolute Gasteiger partial charge is 0.390 e. The van der Waals surface area contributed by atoms with Crippen molar-refractivity contribution in [2.45, 2.75) is 44.5 Å². The van der Waals surface area contributed by atoms with E-state index in [2.05, 4.69) is 5.16 Å². The van der Waals surface area contributed by atoms with Crippen LogP contribution in [0, 0.1) is 11.7 Å². The van der Waals surface area contributed by atoms with E-state index in [0.717, 1.165) is 31.4 Å². The fourth-order valence-electron chi connectivity index (χ4n) is 3.78. The maximum absolute atomic E-state index is 13.5. The minimum Gasteiger partial charge on any atom is -0.390 e. The summed E-state index contributed by atoms with van der Waals surface area (Å²) in [6.45, 7) is 0.460. The number of rotatable bonds is 6. The van der Waals surface area contributed by atoms with Gasteiger partial charge in [-0.25, -0.2) is 4.39 Å². The largest absolute Gasteiger partial charge is 0.416 e. The van der Waals surface area contributed by atoms with Crippen LogP contribution >= 0.6 is 0 Å². The molecule has 1 atom stereocenters. The lowest BCUT2D eigenvalue weighted by Crippen LogP contribution is -2.42. The first-order valence-corrected chi connectivity index (χ1v) is 10.2. The lowest BCUT2D eigenvalue weighted by molar-refractivity contribution is -0.141. The number of alkyl halides is 3. The topological polar surface area (TPSA) is 41.9 Å². The Kier molecular flexibility index (Phi) is 5.98. The van der Waals surface area contributed by atoms with E-state index in [9.17, 15) is 22.4 Å². The van der Waals surface area contributed by atoms with Gasteiger partial charge < -0.3 is 9.74 Å². The lowest BCUT2D eigenvalue weighted by atomic mass is 9.84. The number of carbonyl (C=O) groups is 1. The van der Waals surface area contributed by atoms with Crippen LogP contribution in [0.3, 0.4) is 0 Å². The van der Waals surface area contributed by atoms with Crippen LogP contribution in [-0.4, -0.2) is 29.2 Å². The SMILES string of the molecule is O=C(C1CCC1)N(Cc1ccc(C(F)(F)F)cc1)C[C@@H]1CC(c2cccc(F)c2)=NO1. The van der Waals surface area contributed by atoms with E-state index >= 15 is 0 Å². The summed E-state index contributed by atoms with van der Waals surface area (Å²) in [4.78, 5) is 20.1. The maximum atomic E-state index is 13.5. The molecule has 2 aliphatic rings. The summed E-state index contributed by atoms with van der Waals surface area (Å²) in [6, 6.07) is 10.9. The summed E-state index contributed by atoms with van der Waals surface area (Å²) in [6.07, 6.45) is -1.74. The molecule has 8 heteroatoms. The molecule has 0 radical (unpaired) electrons. The van der Waals surface area contributed by atoms with Crippen LogP contribution in [0.4, 0.5) is 17.6 Å². The molecule has 0 aromatic heterocycles. The van der Waals surface area contributed by atoms with Crippen LogP contribution in [0.2, 0.25) is 0 Å². The molecule has 0 spiro atoms. The van der Waals surface area contributed by atoms with Gasteiger partial charge in [0.15, 0.2) is 6.10 Å². The van der Waals surface area contributed by atoms with E-state index in [4.69, 9.17) is 4.84 Å². The number of amides is 1. The zero-order chi connectivity index (χ0) is 22.0. The quantitative estimate of drug-likeness (QED) is 0.589. The molecule has 31 heavy (non-hydrogen) atoms. The summed E-state index contributed by atoms with van der Waals surface area (Å²) in [7, 11) is 0. The molecule has 1 fully saturated rings. The third kappa shape index (κ3) is 5.06. The molecule has 0 unspecified atom stereocenters. The molecule has 4 rings (SSSR count). The number of halogens is 4. The van der Waals surface area contributed by atoms with Crippen molar-refractivity contribution < 1.29 is 27.2 Å². The molecule has 1 saturated carbocycles. The fraction of sp³-hybridized carbons (Fsp3) is 0.391. The van der Waals surface area contributed by atoms with Crippen LogP contribution in [0.1, 0.15) is 42.4 Å². The second kappa shape index (κ2) is 8.69.